The maximum atomic E-state index is 13.5. The zero-order valence-corrected chi connectivity index (χ0v) is 19.4. The lowest BCUT2D eigenvalue weighted by molar-refractivity contribution is -0.147. The second-order valence-electron chi connectivity index (χ2n) is 9.08. The highest BCUT2D eigenvalue weighted by Gasteiger charge is 2.39. The molecule has 8 heteroatoms. The molecule has 174 valence electrons. The number of benzene rings is 2. The molecule has 2 unspecified atom stereocenters. The number of hydrogen-bond donors (Lipinski definition) is 1. The van der Waals surface area contributed by atoms with Crippen molar-refractivity contribution >= 4 is 17.6 Å². The summed E-state index contributed by atoms with van der Waals surface area (Å²) in [4.78, 5) is 26.7. The number of nitriles is 1. The van der Waals surface area contributed by atoms with Gasteiger partial charge in [0, 0.05) is 29.4 Å². The highest BCUT2D eigenvalue weighted by Crippen LogP contribution is 2.43. The molecule has 1 heterocycles. The van der Waals surface area contributed by atoms with Crippen LogP contribution in [0.5, 0.6) is 11.5 Å². The van der Waals surface area contributed by atoms with E-state index in [4.69, 9.17) is 14.2 Å². The minimum absolute atomic E-state index is 0.272. The van der Waals surface area contributed by atoms with E-state index in [1.54, 1.807) is 41.3 Å². The van der Waals surface area contributed by atoms with E-state index in [-0.39, 0.29) is 5.41 Å². The molecule has 0 saturated heterocycles. The number of rotatable bonds is 6. The first-order chi connectivity index (χ1) is 15.6. The summed E-state index contributed by atoms with van der Waals surface area (Å²) in [6.45, 7) is 6.32. The highest BCUT2D eigenvalue weighted by atomic mass is 16.5. The largest absolute Gasteiger partial charge is 0.497 e. The molecule has 0 spiro atoms. The van der Waals surface area contributed by atoms with Crippen LogP contribution in [0, 0.1) is 16.7 Å². The molecule has 2 atom stereocenters. The summed E-state index contributed by atoms with van der Waals surface area (Å²) in [6.07, 6.45) is -2.56. The number of aliphatic carboxylic acids is 1. The zero-order chi connectivity index (χ0) is 24.3. The lowest BCUT2D eigenvalue weighted by Gasteiger charge is -2.31. The molecule has 0 saturated carbocycles. The van der Waals surface area contributed by atoms with Crippen molar-refractivity contribution in [2.45, 2.75) is 39.4 Å². The van der Waals surface area contributed by atoms with Gasteiger partial charge < -0.3 is 24.2 Å². The Bertz CT molecular complexity index is 1100. The van der Waals surface area contributed by atoms with E-state index in [9.17, 15) is 20.0 Å². The molecule has 1 aliphatic rings. The van der Waals surface area contributed by atoms with E-state index in [2.05, 4.69) is 6.07 Å². The monoisotopic (exact) mass is 452 g/mol. The van der Waals surface area contributed by atoms with Crippen molar-refractivity contribution < 1.29 is 28.9 Å². The van der Waals surface area contributed by atoms with Crippen LogP contribution in [0.2, 0.25) is 0 Å². The van der Waals surface area contributed by atoms with Crippen LogP contribution in [0.25, 0.3) is 0 Å². The Hall–Kier alpha value is -3.57. The standard InChI is InChI=1S/C25H28N2O6/c1-25(2,3)14-27-19-9-6-15(13-26)10-18(19)23(33-21(24(27)30)12-22(28)29)17-8-7-16(31-4)11-20(17)32-5/h6-11,21,23H,12,14H2,1-5H3,(H,28,29). The van der Waals surface area contributed by atoms with Crippen molar-refractivity contribution in [3.05, 3.63) is 53.1 Å². The SMILES string of the molecule is COc1ccc(C2OC(CC(=O)O)C(=O)N(CC(C)(C)C)c3ccc(C#N)cc32)c(OC)c1. The van der Waals surface area contributed by atoms with E-state index in [1.165, 1.54) is 14.2 Å². The Morgan fingerprint density at radius 1 is 1.15 bits per heavy atom. The molecular weight excluding hydrogens is 424 g/mol. The fraction of sp³-hybridized carbons (Fsp3) is 0.400. The van der Waals surface area contributed by atoms with Gasteiger partial charge >= 0.3 is 5.97 Å². The van der Waals surface area contributed by atoms with Gasteiger partial charge in [-0.05, 0) is 35.7 Å². The molecule has 0 radical (unpaired) electrons. The van der Waals surface area contributed by atoms with Gasteiger partial charge in [-0.3, -0.25) is 9.59 Å². The van der Waals surface area contributed by atoms with Crippen molar-refractivity contribution in [1.82, 2.24) is 0 Å². The number of methoxy groups -OCH3 is 2. The number of anilines is 1. The van der Waals surface area contributed by atoms with Crippen LogP contribution in [-0.2, 0) is 14.3 Å². The molecule has 2 aromatic carbocycles. The van der Waals surface area contributed by atoms with Gasteiger partial charge in [0.25, 0.3) is 5.91 Å². The fourth-order valence-electron chi connectivity index (χ4n) is 3.88. The first-order valence-electron chi connectivity index (χ1n) is 10.5. The van der Waals surface area contributed by atoms with Gasteiger partial charge in [0.1, 0.15) is 23.7 Å². The molecule has 2 aromatic rings. The Morgan fingerprint density at radius 3 is 2.45 bits per heavy atom. The first kappa shape index (κ1) is 24.1. The van der Waals surface area contributed by atoms with Gasteiger partial charge in [-0.15, -0.1) is 0 Å². The van der Waals surface area contributed by atoms with Crippen molar-refractivity contribution in [2.24, 2.45) is 5.41 Å². The van der Waals surface area contributed by atoms with E-state index >= 15 is 0 Å². The van der Waals surface area contributed by atoms with Gasteiger partial charge in [0.2, 0.25) is 0 Å². The Balaban J connectivity index is 2.27. The van der Waals surface area contributed by atoms with E-state index in [0.29, 0.717) is 40.4 Å². The number of carboxylic acid groups (broad SMARTS) is 1. The summed E-state index contributed by atoms with van der Waals surface area (Å²) >= 11 is 0. The van der Waals surface area contributed by atoms with Crippen LogP contribution >= 0.6 is 0 Å². The number of carbonyl (C=O) groups excluding carboxylic acids is 1. The van der Waals surface area contributed by atoms with Gasteiger partial charge in [-0.1, -0.05) is 20.8 Å². The van der Waals surface area contributed by atoms with Crippen LogP contribution < -0.4 is 14.4 Å². The normalized spacial score (nSPS) is 18.2. The van der Waals surface area contributed by atoms with Crippen LogP contribution in [0.15, 0.2) is 36.4 Å². The van der Waals surface area contributed by atoms with Crippen molar-refractivity contribution in [3.8, 4) is 17.6 Å². The molecule has 3 rings (SSSR count). The molecule has 0 bridgehead atoms. The molecule has 1 amide bonds. The number of fused-ring (bicyclic) bond motifs is 1. The number of ether oxygens (including phenoxy) is 3. The third-order valence-electron chi connectivity index (χ3n) is 5.29. The molecule has 1 N–H and O–H groups in total. The summed E-state index contributed by atoms with van der Waals surface area (Å²) in [5, 5.41) is 19.0. The minimum atomic E-state index is -1.22. The number of carbonyl (C=O) groups is 2. The second kappa shape index (κ2) is 9.51. The molecular formula is C25H28N2O6. The zero-order valence-electron chi connectivity index (χ0n) is 19.4. The molecule has 33 heavy (non-hydrogen) atoms. The van der Waals surface area contributed by atoms with E-state index < -0.39 is 30.5 Å². The maximum absolute atomic E-state index is 13.5. The quantitative estimate of drug-likeness (QED) is 0.707. The van der Waals surface area contributed by atoms with Crippen LogP contribution in [0.4, 0.5) is 5.69 Å². The van der Waals surface area contributed by atoms with E-state index in [0.717, 1.165) is 0 Å². The van der Waals surface area contributed by atoms with Gasteiger partial charge in [0.15, 0.2) is 0 Å². The Labute approximate surface area is 193 Å². The summed E-state index contributed by atoms with van der Waals surface area (Å²) < 4.78 is 17.1. The third-order valence-corrected chi connectivity index (χ3v) is 5.29. The number of amides is 1. The fourth-order valence-corrected chi connectivity index (χ4v) is 3.88. The average Bonchev–Trinajstić information content (AvgIpc) is 2.87. The van der Waals surface area contributed by atoms with Crippen molar-refractivity contribution in [2.75, 3.05) is 25.7 Å². The molecule has 0 aromatic heterocycles. The summed E-state index contributed by atoms with van der Waals surface area (Å²) in [6, 6.07) is 12.3. The average molecular weight is 453 g/mol. The van der Waals surface area contributed by atoms with Gasteiger partial charge in [-0.25, -0.2) is 0 Å². The van der Waals surface area contributed by atoms with Crippen molar-refractivity contribution in [1.29, 1.82) is 5.26 Å². The topological polar surface area (TPSA) is 109 Å². The van der Waals surface area contributed by atoms with Crippen LogP contribution in [0.1, 0.15) is 50.0 Å². The maximum Gasteiger partial charge on any atom is 0.306 e. The summed E-state index contributed by atoms with van der Waals surface area (Å²) in [7, 11) is 3.05. The summed E-state index contributed by atoms with van der Waals surface area (Å²) in [5.74, 6) is -0.553. The summed E-state index contributed by atoms with van der Waals surface area (Å²) in [5.41, 5.74) is 1.88. The van der Waals surface area contributed by atoms with Crippen molar-refractivity contribution in [3.63, 3.8) is 0 Å². The Morgan fingerprint density at radius 2 is 1.88 bits per heavy atom. The predicted molar refractivity (Wildman–Crippen MR) is 121 cm³/mol. The van der Waals surface area contributed by atoms with Crippen LogP contribution in [0.3, 0.4) is 0 Å². The molecule has 0 aliphatic carbocycles. The molecule has 8 nitrogen and oxygen atoms in total. The number of carboxylic acids is 1. The smallest absolute Gasteiger partial charge is 0.306 e. The third kappa shape index (κ3) is 5.26. The number of hydrogen-bond acceptors (Lipinski definition) is 6. The lowest BCUT2D eigenvalue weighted by atomic mass is 9.93. The predicted octanol–water partition coefficient (Wildman–Crippen LogP) is 3.92. The second-order valence-corrected chi connectivity index (χ2v) is 9.08. The Kier molecular flexibility index (Phi) is 6.94. The lowest BCUT2D eigenvalue weighted by Crippen LogP contribution is -2.44. The number of nitrogens with zero attached hydrogens (tertiary/aromatic N) is 2. The van der Waals surface area contributed by atoms with Gasteiger partial charge in [0.05, 0.1) is 32.3 Å². The van der Waals surface area contributed by atoms with Crippen LogP contribution in [-0.4, -0.2) is 43.9 Å². The highest BCUT2D eigenvalue weighted by molar-refractivity contribution is 6.00. The minimum Gasteiger partial charge on any atom is -0.497 e. The van der Waals surface area contributed by atoms with Gasteiger partial charge in [-0.2, -0.15) is 5.26 Å². The van der Waals surface area contributed by atoms with E-state index in [1.807, 2.05) is 20.8 Å². The molecule has 0 fully saturated rings. The first-order valence-corrected chi connectivity index (χ1v) is 10.5. The molecule has 1 aliphatic heterocycles.